The maximum atomic E-state index is 13.4. The Labute approximate surface area is 169 Å². The van der Waals surface area contributed by atoms with Crippen molar-refractivity contribution in [3.05, 3.63) is 53.9 Å². The van der Waals surface area contributed by atoms with Crippen LogP contribution in [-0.2, 0) is 11.2 Å². The van der Waals surface area contributed by atoms with E-state index in [0.717, 1.165) is 36.5 Å². The van der Waals surface area contributed by atoms with Gasteiger partial charge in [0.1, 0.15) is 5.69 Å². The molecule has 1 unspecified atom stereocenters. The van der Waals surface area contributed by atoms with Crippen LogP contribution in [0.15, 0.2) is 41.1 Å². The lowest BCUT2D eigenvalue weighted by molar-refractivity contribution is 0.0551. The molecule has 1 aromatic carbocycles. The van der Waals surface area contributed by atoms with Gasteiger partial charge in [0.2, 0.25) is 5.89 Å². The topological polar surface area (TPSA) is 81.4 Å². The minimum atomic E-state index is 0.0408. The molecule has 150 valence electrons. The molecule has 4 heterocycles. The Kier molecular flexibility index (Phi) is 4.75. The van der Waals surface area contributed by atoms with E-state index in [0.29, 0.717) is 30.4 Å². The van der Waals surface area contributed by atoms with E-state index in [1.165, 1.54) is 0 Å². The molecular weight excluding hydrogens is 368 g/mol. The summed E-state index contributed by atoms with van der Waals surface area (Å²) in [5.41, 5.74) is 0.554. The highest BCUT2D eigenvalue weighted by Crippen LogP contribution is 2.43. The fourth-order valence-corrected chi connectivity index (χ4v) is 4.85. The van der Waals surface area contributed by atoms with Gasteiger partial charge in [0.25, 0.3) is 5.91 Å². The third-order valence-electron chi connectivity index (χ3n) is 6.21. The van der Waals surface area contributed by atoms with Gasteiger partial charge >= 0.3 is 0 Å². The second kappa shape index (κ2) is 7.55. The van der Waals surface area contributed by atoms with Crippen LogP contribution in [0, 0.1) is 0 Å². The summed E-state index contributed by atoms with van der Waals surface area (Å²) in [5.74, 6) is 1.64. The molecule has 2 aliphatic rings. The summed E-state index contributed by atoms with van der Waals surface area (Å²) >= 11 is 0. The molecule has 0 saturated carbocycles. The van der Waals surface area contributed by atoms with Crippen LogP contribution in [0.25, 0.3) is 10.8 Å². The van der Waals surface area contributed by atoms with Crippen molar-refractivity contribution in [1.29, 1.82) is 0 Å². The molecule has 2 aliphatic heterocycles. The maximum absolute atomic E-state index is 13.4. The van der Waals surface area contributed by atoms with E-state index in [1.54, 1.807) is 13.3 Å². The van der Waals surface area contributed by atoms with Gasteiger partial charge in [-0.3, -0.25) is 9.78 Å². The van der Waals surface area contributed by atoms with Crippen molar-refractivity contribution in [2.24, 2.45) is 0 Å². The summed E-state index contributed by atoms with van der Waals surface area (Å²) < 4.78 is 10.6. The van der Waals surface area contributed by atoms with Gasteiger partial charge in [-0.25, -0.2) is 0 Å². The third kappa shape index (κ3) is 3.29. The summed E-state index contributed by atoms with van der Waals surface area (Å²) in [5, 5.41) is 6.04. The van der Waals surface area contributed by atoms with E-state index in [9.17, 15) is 4.79 Å². The van der Waals surface area contributed by atoms with Gasteiger partial charge in [-0.1, -0.05) is 29.4 Å². The number of benzene rings is 1. The normalized spacial score (nSPS) is 23.6. The second-order valence-corrected chi connectivity index (χ2v) is 7.94. The molecule has 29 heavy (non-hydrogen) atoms. The van der Waals surface area contributed by atoms with Gasteiger partial charge in [-0.2, -0.15) is 4.98 Å². The maximum Gasteiger partial charge on any atom is 0.273 e. The average Bonchev–Trinajstić information content (AvgIpc) is 3.33. The SMILES string of the molecule is COCCc1noc(C2C[C@H]3CC[C@@H](C2)N3C(=O)c2nccc3ccccc23)n1. The lowest BCUT2D eigenvalue weighted by Crippen LogP contribution is -2.46. The van der Waals surface area contributed by atoms with Crippen molar-refractivity contribution >= 4 is 16.7 Å². The molecule has 3 atom stereocenters. The molecule has 0 N–H and O–H groups in total. The van der Waals surface area contributed by atoms with Crippen molar-refractivity contribution in [3.63, 3.8) is 0 Å². The van der Waals surface area contributed by atoms with Gasteiger partial charge < -0.3 is 14.2 Å². The number of carbonyl (C=O) groups is 1. The number of piperidine rings is 1. The van der Waals surface area contributed by atoms with Gasteiger partial charge in [0.05, 0.1) is 6.61 Å². The number of amides is 1. The second-order valence-electron chi connectivity index (χ2n) is 7.94. The number of pyridine rings is 1. The molecular formula is C22H24N4O3. The summed E-state index contributed by atoms with van der Waals surface area (Å²) in [6.45, 7) is 0.579. The number of carbonyl (C=O) groups excluding carboxylic acids is 1. The van der Waals surface area contributed by atoms with E-state index < -0.39 is 0 Å². The average molecular weight is 392 g/mol. The van der Waals surface area contributed by atoms with Crippen LogP contribution in [0.5, 0.6) is 0 Å². The van der Waals surface area contributed by atoms with Crippen LogP contribution in [0.3, 0.4) is 0 Å². The van der Waals surface area contributed by atoms with Crippen LogP contribution in [-0.4, -0.2) is 51.7 Å². The molecule has 0 spiro atoms. The molecule has 7 heteroatoms. The van der Waals surface area contributed by atoms with E-state index in [1.807, 2.05) is 30.3 Å². The lowest BCUT2D eigenvalue weighted by Gasteiger charge is -2.37. The highest BCUT2D eigenvalue weighted by molar-refractivity contribution is 6.05. The standard InChI is InChI=1S/C22H24N4O3/c1-28-11-9-19-24-21(29-25-19)15-12-16-6-7-17(13-15)26(16)22(27)20-18-5-3-2-4-14(18)8-10-23-20/h2-5,8,10,15-17H,6-7,9,11-13H2,1H3/t15?,16-,17+. The van der Waals surface area contributed by atoms with E-state index in [4.69, 9.17) is 9.26 Å². The number of ether oxygens (including phenoxy) is 1. The molecule has 0 aliphatic carbocycles. The van der Waals surface area contributed by atoms with Crippen molar-refractivity contribution in [1.82, 2.24) is 20.0 Å². The van der Waals surface area contributed by atoms with E-state index >= 15 is 0 Å². The van der Waals surface area contributed by atoms with E-state index in [2.05, 4.69) is 20.0 Å². The van der Waals surface area contributed by atoms with Crippen molar-refractivity contribution in [3.8, 4) is 0 Å². The van der Waals surface area contributed by atoms with Crippen LogP contribution in [0.2, 0.25) is 0 Å². The number of nitrogens with zero attached hydrogens (tertiary/aromatic N) is 4. The first kappa shape index (κ1) is 18.2. The Morgan fingerprint density at radius 1 is 1.21 bits per heavy atom. The largest absolute Gasteiger partial charge is 0.384 e. The first-order valence-electron chi connectivity index (χ1n) is 10.2. The summed E-state index contributed by atoms with van der Waals surface area (Å²) in [7, 11) is 1.66. The van der Waals surface area contributed by atoms with Crippen LogP contribution < -0.4 is 0 Å². The van der Waals surface area contributed by atoms with Crippen molar-refractivity contribution < 1.29 is 14.1 Å². The fraction of sp³-hybridized carbons (Fsp3) is 0.455. The predicted octanol–water partition coefficient (Wildman–Crippen LogP) is 3.36. The fourth-order valence-electron chi connectivity index (χ4n) is 4.85. The quantitative estimate of drug-likeness (QED) is 0.662. The monoisotopic (exact) mass is 392 g/mol. The number of hydrogen-bond acceptors (Lipinski definition) is 6. The zero-order valence-electron chi connectivity index (χ0n) is 16.5. The molecule has 2 bridgehead atoms. The number of fused-ring (bicyclic) bond motifs is 3. The highest BCUT2D eigenvalue weighted by atomic mass is 16.5. The van der Waals surface area contributed by atoms with Gasteiger partial charge in [-0.05, 0) is 37.1 Å². The summed E-state index contributed by atoms with van der Waals surface area (Å²) in [6, 6.07) is 10.3. The number of rotatable bonds is 5. The van der Waals surface area contributed by atoms with Gasteiger partial charge in [0.15, 0.2) is 5.82 Å². The van der Waals surface area contributed by atoms with Crippen LogP contribution in [0.1, 0.15) is 53.8 Å². The Bertz CT molecular complexity index is 1010. The van der Waals surface area contributed by atoms with Crippen LogP contribution >= 0.6 is 0 Å². The zero-order chi connectivity index (χ0) is 19.8. The Morgan fingerprint density at radius 2 is 2.00 bits per heavy atom. The van der Waals surface area contributed by atoms with Crippen molar-refractivity contribution in [2.75, 3.05) is 13.7 Å². The lowest BCUT2D eigenvalue weighted by atomic mass is 9.90. The Balaban J connectivity index is 1.36. The molecule has 2 saturated heterocycles. The molecule has 2 fully saturated rings. The van der Waals surface area contributed by atoms with Gasteiger partial charge in [0, 0.05) is 43.1 Å². The minimum Gasteiger partial charge on any atom is -0.384 e. The molecule has 3 aromatic rings. The predicted molar refractivity (Wildman–Crippen MR) is 107 cm³/mol. The summed E-state index contributed by atoms with van der Waals surface area (Å²) in [6.07, 6.45) is 6.13. The van der Waals surface area contributed by atoms with E-state index in [-0.39, 0.29) is 23.9 Å². The molecule has 5 rings (SSSR count). The molecule has 2 aromatic heterocycles. The number of methoxy groups -OCH3 is 1. The molecule has 7 nitrogen and oxygen atoms in total. The van der Waals surface area contributed by atoms with Crippen molar-refractivity contribution in [2.45, 2.75) is 50.1 Å². The molecule has 0 radical (unpaired) electrons. The Morgan fingerprint density at radius 3 is 2.79 bits per heavy atom. The summed E-state index contributed by atoms with van der Waals surface area (Å²) in [4.78, 5) is 24.5. The first-order valence-corrected chi connectivity index (χ1v) is 10.2. The Hall–Kier alpha value is -2.80. The number of aromatic nitrogens is 3. The first-order chi connectivity index (χ1) is 14.2. The zero-order valence-corrected chi connectivity index (χ0v) is 16.5. The third-order valence-corrected chi connectivity index (χ3v) is 6.21. The molecule has 1 amide bonds. The van der Waals surface area contributed by atoms with Crippen LogP contribution in [0.4, 0.5) is 0 Å². The number of hydrogen-bond donors (Lipinski definition) is 0. The highest BCUT2D eigenvalue weighted by Gasteiger charge is 2.45. The smallest absolute Gasteiger partial charge is 0.273 e. The van der Waals surface area contributed by atoms with Gasteiger partial charge in [-0.15, -0.1) is 0 Å². The minimum absolute atomic E-state index is 0.0408.